The molecule has 1 aromatic rings. The monoisotopic (exact) mass is 242 g/mol. The number of hydrogen-bond acceptors (Lipinski definition) is 3. The number of carbonyl (C=O) groups excluding carboxylic acids is 1. The zero-order chi connectivity index (χ0) is 12.1. The molecule has 0 unspecified atom stereocenters. The number of carboxylic acids is 1. The molecule has 0 fully saturated rings. The molecule has 0 aliphatic rings. The number of aliphatic carboxylic acids is 1. The molecule has 0 heterocycles. The lowest BCUT2D eigenvalue weighted by atomic mass is 10.1. The molecule has 5 heteroatoms. The van der Waals surface area contributed by atoms with Crippen molar-refractivity contribution in [3.8, 4) is 5.75 Å². The lowest BCUT2D eigenvalue weighted by molar-refractivity contribution is -0.136. The van der Waals surface area contributed by atoms with Crippen LogP contribution in [-0.2, 0) is 4.79 Å². The Labute approximate surface area is 97.8 Å². The third-order valence-electron chi connectivity index (χ3n) is 2.04. The van der Waals surface area contributed by atoms with Crippen LogP contribution >= 0.6 is 11.6 Å². The standard InChI is InChI=1S/C11H11ClO4/c1-16-9-4-2-3-7(12)11(9)8(13)5-6-10(14)15/h2-4H,5-6H2,1H3,(H,14,15). The Morgan fingerprint density at radius 3 is 2.62 bits per heavy atom. The van der Waals surface area contributed by atoms with Crippen molar-refractivity contribution in [2.45, 2.75) is 12.8 Å². The zero-order valence-electron chi connectivity index (χ0n) is 8.70. The number of benzene rings is 1. The van der Waals surface area contributed by atoms with Crippen LogP contribution in [0.1, 0.15) is 23.2 Å². The molecule has 0 amide bonds. The minimum absolute atomic E-state index is 0.0879. The van der Waals surface area contributed by atoms with Crippen molar-refractivity contribution in [2.24, 2.45) is 0 Å². The van der Waals surface area contributed by atoms with Gasteiger partial charge in [-0.1, -0.05) is 17.7 Å². The van der Waals surface area contributed by atoms with E-state index in [0.29, 0.717) is 5.75 Å². The van der Waals surface area contributed by atoms with Crippen molar-refractivity contribution in [1.82, 2.24) is 0 Å². The van der Waals surface area contributed by atoms with E-state index in [-0.39, 0.29) is 29.2 Å². The Balaban J connectivity index is 2.93. The Bertz CT molecular complexity index is 414. The molecule has 1 N–H and O–H groups in total. The molecule has 0 aromatic heterocycles. The molecule has 0 bridgehead atoms. The number of ketones is 1. The summed E-state index contributed by atoms with van der Waals surface area (Å²) in [6.45, 7) is 0. The summed E-state index contributed by atoms with van der Waals surface area (Å²) >= 11 is 5.87. The van der Waals surface area contributed by atoms with E-state index < -0.39 is 5.97 Å². The van der Waals surface area contributed by atoms with Crippen LogP contribution in [0.2, 0.25) is 5.02 Å². The molecule has 4 nitrogen and oxygen atoms in total. The second kappa shape index (κ2) is 5.51. The maximum Gasteiger partial charge on any atom is 0.303 e. The van der Waals surface area contributed by atoms with E-state index in [0.717, 1.165) is 0 Å². The molecule has 0 atom stereocenters. The van der Waals surface area contributed by atoms with Gasteiger partial charge in [-0.15, -0.1) is 0 Å². The van der Waals surface area contributed by atoms with Gasteiger partial charge in [0.05, 0.1) is 24.1 Å². The molecule has 0 saturated heterocycles. The van der Waals surface area contributed by atoms with E-state index in [1.54, 1.807) is 18.2 Å². The second-order valence-electron chi connectivity index (χ2n) is 3.13. The fraction of sp³-hybridized carbons (Fsp3) is 0.273. The van der Waals surface area contributed by atoms with Crippen molar-refractivity contribution in [2.75, 3.05) is 7.11 Å². The van der Waals surface area contributed by atoms with Crippen molar-refractivity contribution < 1.29 is 19.4 Å². The molecular weight excluding hydrogens is 232 g/mol. The maximum absolute atomic E-state index is 11.7. The predicted octanol–water partition coefficient (Wildman–Crippen LogP) is 2.40. The molecule has 1 aromatic carbocycles. The number of rotatable bonds is 5. The quantitative estimate of drug-likeness (QED) is 0.806. The maximum atomic E-state index is 11.7. The first-order chi connectivity index (χ1) is 7.56. The Hall–Kier alpha value is -1.55. The lowest BCUT2D eigenvalue weighted by Crippen LogP contribution is -2.06. The van der Waals surface area contributed by atoms with E-state index in [1.807, 2.05) is 0 Å². The summed E-state index contributed by atoms with van der Waals surface area (Å²) in [5, 5.41) is 8.76. The highest BCUT2D eigenvalue weighted by Crippen LogP contribution is 2.27. The van der Waals surface area contributed by atoms with Crippen LogP contribution in [0.25, 0.3) is 0 Å². The zero-order valence-corrected chi connectivity index (χ0v) is 9.45. The molecule has 1 rings (SSSR count). The number of carbonyl (C=O) groups is 2. The smallest absolute Gasteiger partial charge is 0.303 e. The van der Waals surface area contributed by atoms with Crippen LogP contribution in [-0.4, -0.2) is 24.0 Å². The van der Waals surface area contributed by atoms with Crippen molar-refractivity contribution in [3.05, 3.63) is 28.8 Å². The van der Waals surface area contributed by atoms with E-state index in [1.165, 1.54) is 7.11 Å². The summed E-state index contributed by atoms with van der Waals surface area (Å²) < 4.78 is 5.00. The number of Topliss-reactive ketones (excluding diaryl/α,β-unsaturated/α-hetero) is 1. The number of ether oxygens (including phenoxy) is 1. The Morgan fingerprint density at radius 2 is 2.06 bits per heavy atom. The third kappa shape index (κ3) is 2.97. The fourth-order valence-corrected chi connectivity index (χ4v) is 1.56. The highest BCUT2D eigenvalue weighted by Gasteiger charge is 2.16. The second-order valence-corrected chi connectivity index (χ2v) is 3.54. The number of hydrogen-bond donors (Lipinski definition) is 1. The van der Waals surface area contributed by atoms with Gasteiger partial charge in [-0.25, -0.2) is 0 Å². The Morgan fingerprint density at radius 1 is 1.38 bits per heavy atom. The van der Waals surface area contributed by atoms with Crippen LogP contribution in [0.15, 0.2) is 18.2 Å². The summed E-state index contributed by atoms with van der Waals surface area (Å²) in [6.07, 6.45) is -0.303. The van der Waals surface area contributed by atoms with Crippen molar-refractivity contribution in [1.29, 1.82) is 0 Å². The van der Waals surface area contributed by atoms with Gasteiger partial charge in [0.2, 0.25) is 0 Å². The van der Waals surface area contributed by atoms with Gasteiger partial charge in [-0.05, 0) is 12.1 Å². The molecular formula is C11H11ClO4. The van der Waals surface area contributed by atoms with Gasteiger partial charge >= 0.3 is 5.97 Å². The number of halogens is 1. The minimum atomic E-state index is -1.01. The van der Waals surface area contributed by atoms with Crippen LogP contribution < -0.4 is 4.74 Å². The lowest BCUT2D eigenvalue weighted by Gasteiger charge is -2.08. The molecule has 0 radical (unpaired) electrons. The van der Waals surface area contributed by atoms with Crippen molar-refractivity contribution in [3.63, 3.8) is 0 Å². The van der Waals surface area contributed by atoms with Gasteiger partial charge in [0.25, 0.3) is 0 Å². The summed E-state index contributed by atoms with van der Waals surface area (Å²) in [4.78, 5) is 22.1. The van der Waals surface area contributed by atoms with Gasteiger partial charge < -0.3 is 9.84 Å². The van der Waals surface area contributed by atoms with Crippen LogP contribution in [0.3, 0.4) is 0 Å². The van der Waals surface area contributed by atoms with Gasteiger partial charge in [-0.2, -0.15) is 0 Å². The topological polar surface area (TPSA) is 63.6 Å². The van der Waals surface area contributed by atoms with Gasteiger partial charge in [-0.3, -0.25) is 9.59 Å². The van der Waals surface area contributed by atoms with E-state index in [9.17, 15) is 9.59 Å². The van der Waals surface area contributed by atoms with Gasteiger partial charge in [0, 0.05) is 6.42 Å². The molecule has 0 spiro atoms. The molecule has 0 aliphatic carbocycles. The van der Waals surface area contributed by atoms with E-state index in [2.05, 4.69) is 0 Å². The van der Waals surface area contributed by atoms with E-state index in [4.69, 9.17) is 21.4 Å². The number of methoxy groups -OCH3 is 1. The Kier molecular flexibility index (Phi) is 4.31. The highest BCUT2D eigenvalue weighted by atomic mass is 35.5. The first-order valence-corrected chi connectivity index (χ1v) is 5.01. The predicted molar refractivity (Wildman–Crippen MR) is 59.2 cm³/mol. The highest BCUT2D eigenvalue weighted by molar-refractivity contribution is 6.34. The SMILES string of the molecule is COc1cccc(Cl)c1C(=O)CCC(=O)O. The van der Waals surface area contributed by atoms with Gasteiger partial charge in [0.15, 0.2) is 5.78 Å². The largest absolute Gasteiger partial charge is 0.496 e. The first kappa shape index (κ1) is 12.5. The molecule has 16 heavy (non-hydrogen) atoms. The molecule has 86 valence electrons. The van der Waals surface area contributed by atoms with E-state index >= 15 is 0 Å². The van der Waals surface area contributed by atoms with Crippen LogP contribution in [0.5, 0.6) is 5.75 Å². The van der Waals surface area contributed by atoms with Crippen molar-refractivity contribution >= 4 is 23.4 Å². The fourth-order valence-electron chi connectivity index (χ4n) is 1.29. The average Bonchev–Trinajstić information content (AvgIpc) is 2.25. The molecule has 0 aliphatic heterocycles. The summed E-state index contributed by atoms with van der Waals surface area (Å²) in [5.74, 6) is -0.980. The molecule has 0 saturated carbocycles. The summed E-state index contributed by atoms with van der Waals surface area (Å²) in [7, 11) is 1.43. The van der Waals surface area contributed by atoms with Crippen LogP contribution in [0, 0.1) is 0 Å². The first-order valence-electron chi connectivity index (χ1n) is 4.63. The minimum Gasteiger partial charge on any atom is -0.496 e. The average molecular weight is 243 g/mol. The van der Waals surface area contributed by atoms with Crippen LogP contribution in [0.4, 0.5) is 0 Å². The normalized spacial score (nSPS) is 9.88. The third-order valence-corrected chi connectivity index (χ3v) is 2.36. The number of carboxylic acid groups (broad SMARTS) is 1. The summed E-state index contributed by atoms with van der Waals surface area (Å²) in [5.41, 5.74) is 0.243. The van der Waals surface area contributed by atoms with Gasteiger partial charge in [0.1, 0.15) is 5.75 Å². The summed E-state index contributed by atoms with van der Waals surface area (Å²) in [6, 6.07) is 4.84.